The lowest BCUT2D eigenvalue weighted by atomic mass is 10.1. The molecule has 0 radical (unpaired) electrons. The van der Waals surface area contributed by atoms with Crippen LogP contribution in [0.15, 0.2) is 42.5 Å². The second kappa shape index (κ2) is 12.6. The largest absolute Gasteiger partial charge is 0.466 e. The predicted octanol–water partition coefficient (Wildman–Crippen LogP) is 4.23. The molecular formula is C25H32FN3O4. The molecule has 7 nitrogen and oxygen atoms in total. The summed E-state index contributed by atoms with van der Waals surface area (Å²) in [5, 5.41) is 2.81. The number of nitrogens with zero attached hydrogens (tertiary/aromatic N) is 2. The molecule has 2 amide bonds. The number of halogens is 1. The van der Waals surface area contributed by atoms with Crippen LogP contribution in [0.2, 0.25) is 0 Å². The quantitative estimate of drug-likeness (QED) is 0.511. The summed E-state index contributed by atoms with van der Waals surface area (Å²) in [5.74, 6) is -1.29. The number of anilines is 2. The van der Waals surface area contributed by atoms with Crippen LogP contribution in [0.1, 0.15) is 49.0 Å². The van der Waals surface area contributed by atoms with Gasteiger partial charge in [0, 0.05) is 50.5 Å². The molecule has 0 fully saturated rings. The molecule has 0 heterocycles. The van der Waals surface area contributed by atoms with Gasteiger partial charge in [-0.1, -0.05) is 6.92 Å². The molecule has 1 N–H and O–H groups in total. The summed E-state index contributed by atoms with van der Waals surface area (Å²) >= 11 is 0. The van der Waals surface area contributed by atoms with E-state index in [1.54, 1.807) is 17.9 Å². The fourth-order valence-corrected chi connectivity index (χ4v) is 3.40. The molecular weight excluding hydrogens is 425 g/mol. The maximum Gasteiger partial charge on any atom is 0.306 e. The Bertz CT molecular complexity index is 961. The Morgan fingerprint density at radius 3 is 2.30 bits per heavy atom. The van der Waals surface area contributed by atoms with Gasteiger partial charge < -0.3 is 19.9 Å². The molecule has 0 unspecified atom stereocenters. The minimum absolute atomic E-state index is 0.0127. The second-order valence-corrected chi connectivity index (χ2v) is 7.82. The lowest BCUT2D eigenvalue weighted by Gasteiger charge is -2.26. The van der Waals surface area contributed by atoms with E-state index < -0.39 is 11.8 Å². The van der Waals surface area contributed by atoms with Gasteiger partial charge in [0.25, 0.3) is 5.91 Å². The van der Waals surface area contributed by atoms with Crippen molar-refractivity contribution < 1.29 is 23.5 Å². The van der Waals surface area contributed by atoms with Crippen LogP contribution in [0.4, 0.5) is 15.8 Å². The molecule has 8 heteroatoms. The normalized spacial score (nSPS) is 10.5. The Labute approximate surface area is 194 Å². The van der Waals surface area contributed by atoms with Gasteiger partial charge in [-0.05, 0) is 61.4 Å². The van der Waals surface area contributed by atoms with E-state index in [1.165, 1.54) is 24.3 Å². The summed E-state index contributed by atoms with van der Waals surface area (Å²) in [6.07, 6.45) is 0.794. The van der Waals surface area contributed by atoms with Crippen LogP contribution in [0.5, 0.6) is 0 Å². The summed E-state index contributed by atoms with van der Waals surface area (Å²) in [7, 11) is 3.81. The summed E-state index contributed by atoms with van der Waals surface area (Å²) in [6, 6.07) is 11.0. The summed E-state index contributed by atoms with van der Waals surface area (Å²) in [4.78, 5) is 40.5. The highest BCUT2D eigenvalue weighted by molar-refractivity contribution is 5.94. The van der Waals surface area contributed by atoms with Crippen LogP contribution in [0, 0.1) is 5.82 Å². The highest BCUT2D eigenvalue weighted by Crippen LogP contribution is 2.25. The number of hydrogen-bond acceptors (Lipinski definition) is 5. The number of nitrogens with one attached hydrogen (secondary N) is 1. The number of rotatable bonds is 11. The van der Waals surface area contributed by atoms with Gasteiger partial charge in [-0.15, -0.1) is 0 Å². The highest BCUT2D eigenvalue weighted by atomic mass is 19.1. The Morgan fingerprint density at radius 2 is 1.70 bits per heavy atom. The third kappa shape index (κ3) is 7.89. The van der Waals surface area contributed by atoms with Crippen LogP contribution < -0.4 is 10.2 Å². The van der Waals surface area contributed by atoms with E-state index >= 15 is 0 Å². The number of carbonyl (C=O) groups excluding carboxylic acids is 3. The maximum atomic E-state index is 13.3. The molecule has 2 aromatic rings. The lowest BCUT2D eigenvalue weighted by molar-refractivity contribution is -0.144. The molecule has 2 rings (SSSR count). The van der Waals surface area contributed by atoms with Gasteiger partial charge >= 0.3 is 5.97 Å². The minimum Gasteiger partial charge on any atom is -0.466 e. The second-order valence-electron chi connectivity index (χ2n) is 7.82. The fourth-order valence-electron chi connectivity index (χ4n) is 3.40. The van der Waals surface area contributed by atoms with Crippen LogP contribution >= 0.6 is 0 Å². The van der Waals surface area contributed by atoms with E-state index in [-0.39, 0.29) is 31.3 Å². The van der Waals surface area contributed by atoms with Gasteiger partial charge in [0.2, 0.25) is 5.91 Å². The van der Waals surface area contributed by atoms with Crippen LogP contribution in [0.3, 0.4) is 0 Å². The van der Waals surface area contributed by atoms with Crippen LogP contribution in [0.25, 0.3) is 0 Å². The zero-order valence-corrected chi connectivity index (χ0v) is 19.7. The Morgan fingerprint density at radius 1 is 1.00 bits per heavy atom. The van der Waals surface area contributed by atoms with Crippen molar-refractivity contribution in [1.29, 1.82) is 0 Å². The zero-order chi connectivity index (χ0) is 24.4. The first-order chi connectivity index (χ1) is 15.7. The van der Waals surface area contributed by atoms with E-state index in [0.717, 1.165) is 17.7 Å². The number of carbonyl (C=O) groups is 3. The van der Waals surface area contributed by atoms with E-state index in [2.05, 4.69) is 5.32 Å². The monoisotopic (exact) mass is 457 g/mol. The lowest BCUT2D eigenvalue weighted by Crippen LogP contribution is -2.32. The third-order valence-corrected chi connectivity index (χ3v) is 4.94. The molecule has 2 aromatic carbocycles. The molecule has 0 aliphatic rings. The summed E-state index contributed by atoms with van der Waals surface area (Å²) in [5.41, 5.74) is 2.76. The maximum absolute atomic E-state index is 13.3. The van der Waals surface area contributed by atoms with Gasteiger partial charge in [-0.3, -0.25) is 14.4 Å². The molecule has 0 aliphatic heterocycles. The summed E-state index contributed by atoms with van der Waals surface area (Å²) < 4.78 is 18.1. The van der Waals surface area contributed by atoms with Crippen molar-refractivity contribution in [1.82, 2.24) is 4.90 Å². The standard InChI is InChI=1S/C25H32FN3O4/c1-5-15-29(25(32)18-7-9-20(26)10-8-18)17-19-16-21(11-12-22(19)28(3)4)27-23(30)13-14-24(31)33-6-2/h7-12,16H,5-6,13-15,17H2,1-4H3,(H,27,30). The minimum atomic E-state index is -0.411. The zero-order valence-electron chi connectivity index (χ0n) is 19.7. The highest BCUT2D eigenvalue weighted by Gasteiger charge is 2.18. The van der Waals surface area contributed by atoms with E-state index in [9.17, 15) is 18.8 Å². The van der Waals surface area contributed by atoms with Crippen molar-refractivity contribution >= 4 is 29.2 Å². The first-order valence-corrected chi connectivity index (χ1v) is 11.1. The van der Waals surface area contributed by atoms with Gasteiger partial charge in [-0.25, -0.2) is 4.39 Å². The molecule has 33 heavy (non-hydrogen) atoms. The molecule has 0 spiro atoms. The van der Waals surface area contributed by atoms with Gasteiger partial charge in [-0.2, -0.15) is 0 Å². The third-order valence-electron chi connectivity index (χ3n) is 4.94. The molecule has 0 aliphatic carbocycles. The van der Waals surface area contributed by atoms with Gasteiger partial charge in [0.15, 0.2) is 0 Å². The number of ether oxygens (including phenoxy) is 1. The fraction of sp³-hybridized carbons (Fsp3) is 0.400. The first-order valence-electron chi connectivity index (χ1n) is 11.1. The molecule has 178 valence electrons. The number of amides is 2. The SMILES string of the molecule is CCCN(Cc1cc(NC(=O)CCC(=O)OCC)ccc1N(C)C)C(=O)c1ccc(F)cc1. The van der Waals surface area contributed by atoms with E-state index in [0.29, 0.717) is 24.3 Å². The number of esters is 1. The summed E-state index contributed by atoms with van der Waals surface area (Å²) in [6.45, 7) is 4.83. The molecule has 0 aromatic heterocycles. The molecule has 0 saturated heterocycles. The van der Waals surface area contributed by atoms with Gasteiger partial charge in [0.1, 0.15) is 5.82 Å². The average Bonchev–Trinajstić information content (AvgIpc) is 2.77. The van der Waals surface area contributed by atoms with Crippen molar-refractivity contribution in [2.75, 3.05) is 37.5 Å². The Balaban J connectivity index is 2.21. The molecule has 0 bridgehead atoms. The number of hydrogen-bond donors (Lipinski definition) is 1. The first kappa shape index (κ1) is 25.8. The predicted molar refractivity (Wildman–Crippen MR) is 127 cm³/mol. The Hall–Kier alpha value is -3.42. The van der Waals surface area contributed by atoms with Crippen molar-refractivity contribution in [2.24, 2.45) is 0 Å². The van der Waals surface area contributed by atoms with Crippen molar-refractivity contribution in [3.05, 3.63) is 59.4 Å². The van der Waals surface area contributed by atoms with Crippen LogP contribution in [-0.4, -0.2) is 49.9 Å². The molecule has 0 saturated carbocycles. The van der Waals surface area contributed by atoms with Crippen molar-refractivity contribution in [3.8, 4) is 0 Å². The van der Waals surface area contributed by atoms with Crippen molar-refractivity contribution in [3.63, 3.8) is 0 Å². The van der Waals surface area contributed by atoms with E-state index in [4.69, 9.17) is 4.74 Å². The smallest absolute Gasteiger partial charge is 0.306 e. The molecule has 0 atom stereocenters. The van der Waals surface area contributed by atoms with Crippen LogP contribution in [-0.2, 0) is 20.9 Å². The Kier molecular flexibility index (Phi) is 9.84. The van der Waals surface area contributed by atoms with Crippen molar-refractivity contribution in [2.45, 2.75) is 39.7 Å². The van der Waals surface area contributed by atoms with Gasteiger partial charge in [0.05, 0.1) is 13.0 Å². The van der Waals surface area contributed by atoms with E-state index in [1.807, 2.05) is 38.1 Å². The number of benzene rings is 2. The topological polar surface area (TPSA) is 79.0 Å². The average molecular weight is 458 g/mol.